The number of rotatable bonds is 7. The first-order valence-electron chi connectivity index (χ1n) is 9.64. The van der Waals surface area contributed by atoms with E-state index in [1.165, 1.54) is 0 Å². The fourth-order valence-corrected chi connectivity index (χ4v) is 4.76. The van der Waals surface area contributed by atoms with Gasteiger partial charge in [0.05, 0.1) is 25.2 Å². The molecule has 2 aromatic rings. The van der Waals surface area contributed by atoms with Crippen LogP contribution in [0.5, 0.6) is 17.2 Å². The lowest BCUT2D eigenvalue weighted by Gasteiger charge is -2.15. The largest absolute Gasteiger partial charge is 0.493 e. The normalized spacial score (nSPS) is 17.7. The molecule has 0 aliphatic carbocycles. The molecule has 2 N–H and O–H groups in total. The molecule has 1 heterocycles. The first-order valence-corrected chi connectivity index (χ1v) is 11.5. The molecule has 1 unspecified atom stereocenters. The van der Waals surface area contributed by atoms with Crippen molar-refractivity contribution >= 4 is 39.8 Å². The Bertz CT molecular complexity index is 949. The van der Waals surface area contributed by atoms with E-state index in [9.17, 15) is 8.42 Å². The molecule has 1 aliphatic rings. The molecule has 9 heteroatoms. The molecule has 0 saturated carbocycles. The third kappa shape index (κ3) is 7.05. The topological polar surface area (TPSA) is 89.0 Å². The highest BCUT2D eigenvalue weighted by Crippen LogP contribution is 2.30. The summed E-state index contributed by atoms with van der Waals surface area (Å²) < 4.78 is 34.5. The molecule has 1 fully saturated rings. The van der Waals surface area contributed by atoms with Crippen LogP contribution in [0.1, 0.15) is 18.9 Å². The molecule has 164 valence electrons. The standard InChI is InChI=1S/C21H27N3O4S.HI/c1-3-22-21(24-17-12-13-29(25,26)15-17)23-14-16-8-10-18(11-9-16)28-20-7-5-4-6-19(20)27-2;/h4-11,17H,3,12-15H2,1-2H3,(H2,22,23,24);1H. The number of hydrogen-bond donors (Lipinski definition) is 2. The molecule has 7 nitrogen and oxygen atoms in total. The molecule has 2 aromatic carbocycles. The van der Waals surface area contributed by atoms with E-state index in [-0.39, 0.29) is 41.5 Å². The molecule has 1 aliphatic heterocycles. The highest BCUT2D eigenvalue weighted by atomic mass is 127. The van der Waals surface area contributed by atoms with Crippen LogP contribution in [-0.2, 0) is 16.4 Å². The van der Waals surface area contributed by atoms with Crippen LogP contribution in [0.4, 0.5) is 0 Å². The van der Waals surface area contributed by atoms with Crippen molar-refractivity contribution in [3.8, 4) is 17.2 Å². The molecular weight excluding hydrogens is 517 g/mol. The van der Waals surface area contributed by atoms with Gasteiger partial charge in [0.1, 0.15) is 5.75 Å². The van der Waals surface area contributed by atoms with E-state index in [1.54, 1.807) is 7.11 Å². The molecule has 1 saturated heterocycles. The number of guanidine groups is 1. The maximum absolute atomic E-state index is 11.6. The van der Waals surface area contributed by atoms with Crippen molar-refractivity contribution in [2.75, 3.05) is 25.2 Å². The zero-order valence-corrected chi connectivity index (χ0v) is 20.3. The van der Waals surface area contributed by atoms with Crippen LogP contribution in [0.25, 0.3) is 0 Å². The predicted octanol–water partition coefficient (Wildman–Crippen LogP) is 3.35. The van der Waals surface area contributed by atoms with E-state index in [0.29, 0.717) is 42.7 Å². The summed E-state index contributed by atoms with van der Waals surface area (Å²) in [5.74, 6) is 3.07. The molecule has 3 rings (SSSR count). The average molecular weight is 545 g/mol. The SMILES string of the molecule is CCNC(=NCc1ccc(Oc2ccccc2OC)cc1)NC1CCS(=O)(=O)C1.I. The number of sulfone groups is 1. The fraction of sp³-hybridized carbons (Fsp3) is 0.381. The van der Waals surface area contributed by atoms with E-state index >= 15 is 0 Å². The molecular formula is C21H28IN3O4S. The van der Waals surface area contributed by atoms with Gasteiger partial charge in [-0.25, -0.2) is 13.4 Å². The van der Waals surface area contributed by atoms with E-state index in [0.717, 1.165) is 5.56 Å². The third-order valence-corrected chi connectivity index (χ3v) is 6.33. The van der Waals surface area contributed by atoms with Gasteiger partial charge in [-0.2, -0.15) is 0 Å². The molecule has 0 radical (unpaired) electrons. The van der Waals surface area contributed by atoms with Gasteiger partial charge in [0.25, 0.3) is 0 Å². The lowest BCUT2D eigenvalue weighted by molar-refractivity contribution is 0.379. The number of methoxy groups -OCH3 is 1. The van der Waals surface area contributed by atoms with Crippen molar-refractivity contribution in [3.63, 3.8) is 0 Å². The minimum absolute atomic E-state index is 0. The Labute approximate surface area is 195 Å². The molecule has 0 spiro atoms. The second kappa shape index (κ2) is 11.4. The Morgan fingerprint density at radius 3 is 2.43 bits per heavy atom. The number of halogens is 1. The monoisotopic (exact) mass is 545 g/mol. The Kier molecular flexibility index (Phi) is 9.22. The van der Waals surface area contributed by atoms with Crippen LogP contribution < -0.4 is 20.1 Å². The molecule has 0 aromatic heterocycles. The molecule has 30 heavy (non-hydrogen) atoms. The van der Waals surface area contributed by atoms with E-state index in [1.807, 2.05) is 55.5 Å². The van der Waals surface area contributed by atoms with Crippen molar-refractivity contribution in [2.24, 2.45) is 4.99 Å². The van der Waals surface area contributed by atoms with Crippen LogP contribution in [0, 0.1) is 0 Å². The number of benzene rings is 2. The van der Waals surface area contributed by atoms with Crippen molar-refractivity contribution in [1.82, 2.24) is 10.6 Å². The number of aliphatic imine (C=N–C) groups is 1. The number of nitrogens with zero attached hydrogens (tertiary/aromatic N) is 1. The highest BCUT2D eigenvalue weighted by molar-refractivity contribution is 14.0. The van der Waals surface area contributed by atoms with Crippen LogP contribution in [0.3, 0.4) is 0 Å². The summed E-state index contributed by atoms with van der Waals surface area (Å²) in [6, 6.07) is 15.1. The average Bonchev–Trinajstić information content (AvgIpc) is 3.06. The summed E-state index contributed by atoms with van der Waals surface area (Å²) in [6.07, 6.45) is 0.613. The Morgan fingerprint density at radius 2 is 1.83 bits per heavy atom. The predicted molar refractivity (Wildman–Crippen MR) is 130 cm³/mol. The summed E-state index contributed by atoms with van der Waals surface area (Å²) in [5.41, 5.74) is 1.02. The first-order chi connectivity index (χ1) is 14.0. The van der Waals surface area contributed by atoms with Gasteiger partial charge in [-0.3, -0.25) is 0 Å². The molecule has 1 atom stereocenters. The number of hydrogen-bond acceptors (Lipinski definition) is 5. The smallest absolute Gasteiger partial charge is 0.191 e. The maximum atomic E-state index is 11.6. The van der Waals surface area contributed by atoms with E-state index < -0.39 is 9.84 Å². The Hall–Kier alpha value is -2.01. The van der Waals surface area contributed by atoms with Crippen LogP contribution >= 0.6 is 24.0 Å². The van der Waals surface area contributed by atoms with Gasteiger partial charge in [0.2, 0.25) is 0 Å². The molecule has 0 amide bonds. The first kappa shape index (κ1) is 24.3. The summed E-state index contributed by atoms with van der Waals surface area (Å²) in [5, 5.41) is 6.39. The van der Waals surface area contributed by atoms with Crippen molar-refractivity contribution in [1.29, 1.82) is 0 Å². The van der Waals surface area contributed by atoms with E-state index in [4.69, 9.17) is 9.47 Å². The number of nitrogens with one attached hydrogen (secondary N) is 2. The molecule has 0 bridgehead atoms. The minimum Gasteiger partial charge on any atom is -0.493 e. The second-order valence-corrected chi connectivity index (χ2v) is 9.07. The van der Waals surface area contributed by atoms with Crippen LogP contribution in [-0.4, -0.2) is 45.6 Å². The lowest BCUT2D eigenvalue weighted by Crippen LogP contribution is -2.44. The minimum atomic E-state index is -2.93. The maximum Gasteiger partial charge on any atom is 0.191 e. The zero-order valence-electron chi connectivity index (χ0n) is 17.1. The second-order valence-electron chi connectivity index (χ2n) is 6.84. The van der Waals surface area contributed by atoms with Gasteiger partial charge in [-0.15, -0.1) is 24.0 Å². The van der Waals surface area contributed by atoms with Gasteiger partial charge in [-0.1, -0.05) is 24.3 Å². The van der Waals surface area contributed by atoms with Gasteiger partial charge in [0, 0.05) is 12.6 Å². The number of ether oxygens (including phenoxy) is 2. The van der Waals surface area contributed by atoms with Gasteiger partial charge < -0.3 is 20.1 Å². The van der Waals surface area contributed by atoms with Crippen molar-refractivity contribution in [3.05, 3.63) is 54.1 Å². The van der Waals surface area contributed by atoms with Gasteiger partial charge >= 0.3 is 0 Å². The summed E-state index contributed by atoms with van der Waals surface area (Å²) in [6.45, 7) is 3.16. The number of para-hydroxylation sites is 2. The fourth-order valence-electron chi connectivity index (χ4n) is 3.09. The van der Waals surface area contributed by atoms with Crippen molar-refractivity contribution in [2.45, 2.75) is 25.9 Å². The van der Waals surface area contributed by atoms with Gasteiger partial charge in [-0.05, 0) is 43.2 Å². The summed E-state index contributed by atoms with van der Waals surface area (Å²) >= 11 is 0. The lowest BCUT2D eigenvalue weighted by atomic mass is 10.2. The quantitative estimate of drug-likeness (QED) is 0.315. The van der Waals surface area contributed by atoms with E-state index in [2.05, 4.69) is 15.6 Å². The summed E-state index contributed by atoms with van der Waals surface area (Å²) in [4.78, 5) is 4.57. The van der Waals surface area contributed by atoms with Crippen molar-refractivity contribution < 1.29 is 17.9 Å². The van der Waals surface area contributed by atoms with Crippen LogP contribution in [0.15, 0.2) is 53.5 Å². The van der Waals surface area contributed by atoms with Crippen LogP contribution in [0.2, 0.25) is 0 Å². The highest BCUT2D eigenvalue weighted by Gasteiger charge is 2.28. The van der Waals surface area contributed by atoms with Gasteiger partial charge in [0.15, 0.2) is 27.3 Å². The Balaban J connectivity index is 0.00000320. The zero-order chi connectivity index (χ0) is 20.7. The Morgan fingerprint density at radius 1 is 1.13 bits per heavy atom. The summed E-state index contributed by atoms with van der Waals surface area (Å²) in [7, 11) is -1.32. The third-order valence-electron chi connectivity index (χ3n) is 4.56.